The molecule has 0 spiro atoms. The highest BCUT2D eigenvalue weighted by Crippen LogP contribution is 2.19. The second-order valence-electron chi connectivity index (χ2n) is 5.57. The van der Waals surface area contributed by atoms with E-state index in [4.69, 9.17) is 4.74 Å². The molecule has 0 radical (unpaired) electrons. The number of nitrogens with one attached hydrogen (secondary N) is 1. The van der Waals surface area contributed by atoms with Gasteiger partial charge in [-0.15, -0.1) is 0 Å². The predicted molar refractivity (Wildman–Crippen MR) is 76.2 cm³/mol. The molecule has 1 aromatic heterocycles. The summed E-state index contributed by atoms with van der Waals surface area (Å²) in [5.74, 6) is -1.40. The molecule has 5 nitrogen and oxygen atoms in total. The van der Waals surface area contributed by atoms with Crippen molar-refractivity contribution >= 4 is 26.7 Å². The van der Waals surface area contributed by atoms with Crippen LogP contribution in [0, 0.1) is 0 Å². The third-order valence-electron chi connectivity index (χ3n) is 2.61. The third kappa shape index (κ3) is 3.39. The van der Waals surface area contributed by atoms with Crippen LogP contribution in [0.1, 0.15) is 20.8 Å². The highest BCUT2D eigenvalue weighted by atomic mass is 32.2. The Labute approximate surface area is 117 Å². The van der Waals surface area contributed by atoms with Crippen molar-refractivity contribution in [3.8, 4) is 0 Å². The first-order valence-corrected chi connectivity index (χ1v) is 7.84. The van der Waals surface area contributed by atoms with Crippen molar-refractivity contribution in [2.45, 2.75) is 31.3 Å². The predicted octanol–water partition coefficient (Wildman–Crippen LogP) is 2.28. The van der Waals surface area contributed by atoms with Gasteiger partial charge in [-0.1, -0.05) is 0 Å². The molecule has 20 heavy (non-hydrogen) atoms. The van der Waals surface area contributed by atoms with Crippen LogP contribution < -0.4 is 0 Å². The van der Waals surface area contributed by atoms with Crippen LogP contribution in [0.15, 0.2) is 35.4 Å². The molecule has 1 N–H and O–H groups in total. The Bertz CT molecular complexity index is 738. The zero-order chi connectivity index (χ0) is 15.0. The first-order chi connectivity index (χ1) is 9.17. The van der Waals surface area contributed by atoms with E-state index in [9.17, 15) is 13.2 Å². The fourth-order valence-electron chi connectivity index (χ4n) is 1.83. The molecular weight excluding hydrogens is 278 g/mol. The molecule has 0 aliphatic carbocycles. The van der Waals surface area contributed by atoms with Gasteiger partial charge in [0.05, 0.1) is 4.90 Å². The van der Waals surface area contributed by atoms with E-state index in [2.05, 4.69) is 4.98 Å². The van der Waals surface area contributed by atoms with Crippen LogP contribution in [0.4, 0.5) is 0 Å². The molecule has 1 aromatic carbocycles. The normalized spacial score (nSPS) is 12.6. The summed E-state index contributed by atoms with van der Waals surface area (Å²) in [5, 5.41) is 0.787. The van der Waals surface area contributed by atoms with Crippen molar-refractivity contribution in [3.05, 3.63) is 30.5 Å². The summed E-state index contributed by atoms with van der Waals surface area (Å²) in [6.45, 7) is 5.09. The second-order valence-corrected chi connectivity index (χ2v) is 7.56. The van der Waals surface area contributed by atoms with E-state index in [-0.39, 0.29) is 4.90 Å². The Kier molecular flexibility index (Phi) is 3.60. The SMILES string of the molecule is CC(C)(C)OC(=O)CS(=O)(=O)c1ccc2[nH]ccc2c1. The van der Waals surface area contributed by atoms with E-state index < -0.39 is 27.2 Å². The number of ether oxygens (including phenoxy) is 1. The number of sulfone groups is 1. The lowest BCUT2D eigenvalue weighted by Gasteiger charge is -2.19. The van der Waals surface area contributed by atoms with Crippen molar-refractivity contribution in [2.24, 2.45) is 0 Å². The van der Waals surface area contributed by atoms with E-state index >= 15 is 0 Å². The summed E-state index contributed by atoms with van der Waals surface area (Å²) < 4.78 is 29.4. The van der Waals surface area contributed by atoms with Gasteiger partial charge in [0.1, 0.15) is 5.60 Å². The molecule has 1 heterocycles. The molecule has 0 aliphatic rings. The number of fused-ring (bicyclic) bond motifs is 1. The number of aromatic amines is 1. The first kappa shape index (κ1) is 14.6. The monoisotopic (exact) mass is 295 g/mol. The zero-order valence-corrected chi connectivity index (χ0v) is 12.5. The first-order valence-electron chi connectivity index (χ1n) is 6.19. The maximum Gasteiger partial charge on any atom is 0.322 e. The Hall–Kier alpha value is -1.82. The van der Waals surface area contributed by atoms with E-state index in [0.29, 0.717) is 0 Å². The Morgan fingerprint density at radius 3 is 2.60 bits per heavy atom. The fourth-order valence-corrected chi connectivity index (χ4v) is 2.95. The van der Waals surface area contributed by atoms with Gasteiger partial charge in [0.25, 0.3) is 0 Å². The van der Waals surface area contributed by atoms with Crippen molar-refractivity contribution in [1.29, 1.82) is 0 Å². The van der Waals surface area contributed by atoms with Gasteiger partial charge < -0.3 is 9.72 Å². The van der Waals surface area contributed by atoms with Gasteiger partial charge in [-0.2, -0.15) is 0 Å². The van der Waals surface area contributed by atoms with E-state index in [1.165, 1.54) is 6.07 Å². The minimum Gasteiger partial charge on any atom is -0.459 e. The summed E-state index contributed by atoms with van der Waals surface area (Å²) in [4.78, 5) is 14.8. The average Bonchev–Trinajstić information content (AvgIpc) is 2.71. The molecule has 0 aliphatic heterocycles. The number of aromatic nitrogens is 1. The van der Waals surface area contributed by atoms with Gasteiger partial charge in [0, 0.05) is 17.1 Å². The number of benzene rings is 1. The Morgan fingerprint density at radius 2 is 1.95 bits per heavy atom. The highest BCUT2D eigenvalue weighted by molar-refractivity contribution is 7.92. The molecule has 0 saturated heterocycles. The van der Waals surface area contributed by atoms with Crippen LogP contribution in [0.25, 0.3) is 10.9 Å². The minimum absolute atomic E-state index is 0.121. The molecule has 2 aromatic rings. The van der Waals surface area contributed by atoms with Crippen LogP contribution in [0.3, 0.4) is 0 Å². The van der Waals surface area contributed by atoms with Crippen LogP contribution in [-0.4, -0.2) is 30.7 Å². The summed E-state index contributed by atoms with van der Waals surface area (Å²) in [5.41, 5.74) is 0.151. The minimum atomic E-state index is -3.69. The van der Waals surface area contributed by atoms with Crippen molar-refractivity contribution < 1.29 is 17.9 Å². The van der Waals surface area contributed by atoms with E-state index in [0.717, 1.165) is 10.9 Å². The number of H-pyrrole nitrogens is 1. The Morgan fingerprint density at radius 1 is 1.25 bits per heavy atom. The number of hydrogen-bond acceptors (Lipinski definition) is 4. The van der Waals surface area contributed by atoms with Crippen LogP contribution in [0.5, 0.6) is 0 Å². The molecule has 0 amide bonds. The van der Waals surface area contributed by atoms with Crippen molar-refractivity contribution in [3.63, 3.8) is 0 Å². The van der Waals surface area contributed by atoms with Crippen LogP contribution in [0.2, 0.25) is 0 Å². The molecule has 0 atom stereocenters. The third-order valence-corrected chi connectivity index (χ3v) is 4.20. The number of esters is 1. The molecule has 108 valence electrons. The van der Waals surface area contributed by atoms with Gasteiger partial charge >= 0.3 is 5.97 Å². The fraction of sp³-hybridized carbons (Fsp3) is 0.357. The van der Waals surface area contributed by atoms with E-state index in [1.54, 1.807) is 45.2 Å². The van der Waals surface area contributed by atoms with Gasteiger partial charge in [-0.3, -0.25) is 4.79 Å². The molecule has 0 bridgehead atoms. The molecule has 0 fully saturated rings. The number of hydrogen-bond donors (Lipinski definition) is 1. The lowest BCUT2D eigenvalue weighted by molar-refractivity contribution is -0.151. The van der Waals surface area contributed by atoms with Crippen LogP contribution in [-0.2, 0) is 19.4 Å². The highest BCUT2D eigenvalue weighted by Gasteiger charge is 2.24. The van der Waals surface area contributed by atoms with Gasteiger partial charge in [-0.25, -0.2) is 8.42 Å². The van der Waals surface area contributed by atoms with Crippen molar-refractivity contribution in [1.82, 2.24) is 4.98 Å². The summed E-state index contributed by atoms with van der Waals surface area (Å²) in [6.07, 6.45) is 1.73. The van der Waals surface area contributed by atoms with Gasteiger partial charge in [-0.05, 0) is 45.0 Å². The lowest BCUT2D eigenvalue weighted by atomic mass is 10.2. The molecular formula is C14H17NO4S. The second kappa shape index (κ2) is 4.94. The standard InChI is InChI=1S/C14H17NO4S/c1-14(2,3)19-13(16)9-20(17,18)11-4-5-12-10(8-11)6-7-15-12/h4-8,15H,9H2,1-3H3. The summed E-state index contributed by atoms with van der Waals surface area (Å²) in [7, 11) is -3.69. The largest absolute Gasteiger partial charge is 0.459 e. The summed E-state index contributed by atoms with van der Waals surface area (Å²) >= 11 is 0. The Balaban J connectivity index is 2.23. The molecule has 0 unspecified atom stereocenters. The summed E-state index contributed by atoms with van der Waals surface area (Å²) in [6, 6.07) is 6.49. The molecule has 6 heteroatoms. The molecule has 0 saturated carbocycles. The van der Waals surface area contributed by atoms with E-state index in [1.807, 2.05) is 0 Å². The maximum atomic E-state index is 12.2. The zero-order valence-electron chi connectivity index (χ0n) is 11.6. The average molecular weight is 295 g/mol. The number of carbonyl (C=O) groups excluding carboxylic acids is 1. The maximum absolute atomic E-state index is 12.2. The van der Waals surface area contributed by atoms with Crippen molar-refractivity contribution in [2.75, 3.05) is 5.75 Å². The van der Waals surface area contributed by atoms with Gasteiger partial charge in [0.15, 0.2) is 15.6 Å². The smallest absolute Gasteiger partial charge is 0.322 e. The number of carbonyl (C=O) groups is 1. The van der Waals surface area contributed by atoms with Crippen LogP contribution >= 0.6 is 0 Å². The van der Waals surface area contributed by atoms with Gasteiger partial charge in [0.2, 0.25) is 0 Å². The quantitative estimate of drug-likeness (QED) is 0.881. The lowest BCUT2D eigenvalue weighted by Crippen LogP contribution is -2.28. The number of rotatable bonds is 3. The topological polar surface area (TPSA) is 76.2 Å². The molecule has 2 rings (SSSR count).